The van der Waals surface area contributed by atoms with E-state index in [1.165, 1.54) is 21.7 Å². The molecule has 0 bridgehead atoms. The van der Waals surface area contributed by atoms with Crippen LogP contribution in [0.4, 0.5) is 24.5 Å². The fourth-order valence-electron chi connectivity index (χ4n) is 5.92. The van der Waals surface area contributed by atoms with Crippen LogP contribution in [-0.2, 0) is 22.8 Å². The smallest absolute Gasteiger partial charge is 0.417 e. The van der Waals surface area contributed by atoms with Crippen LogP contribution in [0.5, 0.6) is 0 Å². The van der Waals surface area contributed by atoms with Crippen molar-refractivity contribution >= 4 is 82.1 Å². The van der Waals surface area contributed by atoms with Crippen LogP contribution in [0.15, 0.2) is 78.0 Å². The normalized spacial score (nSPS) is 14.9. The van der Waals surface area contributed by atoms with Crippen molar-refractivity contribution < 1.29 is 30.7 Å². The molecule has 0 saturated carbocycles. The van der Waals surface area contributed by atoms with Gasteiger partial charge in [0.25, 0.3) is 5.01 Å². The van der Waals surface area contributed by atoms with Gasteiger partial charge in [0.15, 0.2) is 0 Å². The topological polar surface area (TPSA) is 67.6 Å². The first-order chi connectivity index (χ1) is 21.9. The Balaban J connectivity index is 1.38. The maximum atomic E-state index is 13.8. The van der Waals surface area contributed by atoms with Crippen LogP contribution in [0.1, 0.15) is 30.8 Å². The molecule has 240 valence electrons. The average molecular weight is 704 g/mol. The van der Waals surface area contributed by atoms with Crippen LogP contribution >= 0.6 is 34.3 Å². The monoisotopic (exact) mass is 703 g/mol. The summed E-state index contributed by atoms with van der Waals surface area (Å²) in [7, 11) is -4.50. The Hall–Kier alpha value is -3.42. The maximum absolute atomic E-state index is 13.8. The van der Waals surface area contributed by atoms with Crippen molar-refractivity contribution in [2.45, 2.75) is 33.0 Å². The van der Waals surface area contributed by atoms with Crippen molar-refractivity contribution in [3.05, 3.63) is 93.5 Å². The highest BCUT2D eigenvalue weighted by Gasteiger charge is 2.38. The number of aromatic nitrogens is 1. The molecule has 1 aliphatic heterocycles. The zero-order valence-corrected chi connectivity index (χ0v) is 28.0. The number of fused-ring (bicyclic) bond motifs is 3. The van der Waals surface area contributed by atoms with E-state index in [9.17, 15) is 26.1 Å². The summed E-state index contributed by atoms with van der Waals surface area (Å²) in [6.45, 7) is 5.12. The van der Waals surface area contributed by atoms with Crippen LogP contribution in [0.3, 0.4) is 0 Å². The van der Waals surface area contributed by atoms with Gasteiger partial charge in [0.1, 0.15) is 17.1 Å². The number of hydrogen-bond donors (Lipinski definition) is 0. The van der Waals surface area contributed by atoms with Crippen LogP contribution in [0.25, 0.3) is 37.5 Å². The first-order valence-corrected chi connectivity index (χ1v) is 18.3. The standard InChI is InChI=1S/C33H29ClF3N3O3S3/c1-3-38-27-20-25(34)24(33(35,36)37)19-26(27)40(15-7-17-46(41,42)43)31(38)10-6-11-32-39(4-2)28-18-21(12-13-30(28)45-32)22-8-5-9-29-23(22)14-16-44-29/h5-6,8-14,16,18-20H,3-4,7,15,17H2,1-2H3. The SMILES string of the molecule is CCN1/C(=C\C=C\c2sc3ccc(-c4cccc5sccc45)cc3[n+]2CC)N(CCCS(=O)(=O)[O-])c2cc(C(F)(F)F)c(Cl)cc21. The van der Waals surface area contributed by atoms with Gasteiger partial charge < -0.3 is 14.4 Å². The molecule has 0 fully saturated rings. The zero-order chi connectivity index (χ0) is 32.8. The number of anilines is 2. The minimum absolute atomic E-state index is 0.0289. The fourth-order valence-corrected chi connectivity index (χ4v) is 8.60. The van der Waals surface area contributed by atoms with E-state index in [0.29, 0.717) is 18.1 Å². The number of alkyl halides is 3. The number of nitrogens with zero attached hydrogens (tertiary/aromatic N) is 3. The summed E-state index contributed by atoms with van der Waals surface area (Å²) in [6, 6.07) is 17.2. The Morgan fingerprint density at radius 2 is 1.80 bits per heavy atom. The van der Waals surface area contributed by atoms with Crippen molar-refractivity contribution in [1.82, 2.24) is 0 Å². The molecule has 0 spiro atoms. The van der Waals surface area contributed by atoms with Gasteiger partial charge in [-0.25, -0.2) is 8.42 Å². The first kappa shape index (κ1) is 32.5. The third-order valence-corrected chi connectivity index (χ3v) is 11.0. The highest BCUT2D eigenvalue weighted by atomic mass is 35.5. The molecule has 1 aliphatic rings. The highest BCUT2D eigenvalue weighted by Crippen LogP contribution is 2.47. The van der Waals surface area contributed by atoms with Crippen LogP contribution in [0.2, 0.25) is 5.02 Å². The number of thiophene rings is 1. The third kappa shape index (κ3) is 6.28. The van der Waals surface area contributed by atoms with Crippen molar-refractivity contribution in [3.8, 4) is 11.1 Å². The summed E-state index contributed by atoms with van der Waals surface area (Å²) in [5.74, 6) is -0.0719. The molecule has 0 aliphatic carbocycles. The quantitative estimate of drug-likeness (QED) is 0.113. The molecular weight excluding hydrogens is 675 g/mol. The van der Waals surface area contributed by atoms with Crippen molar-refractivity contribution in [2.24, 2.45) is 0 Å². The van der Waals surface area contributed by atoms with E-state index in [4.69, 9.17) is 11.6 Å². The highest BCUT2D eigenvalue weighted by molar-refractivity contribution is 7.85. The molecule has 3 heterocycles. The zero-order valence-electron chi connectivity index (χ0n) is 24.8. The molecule has 46 heavy (non-hydrogen) atoms. The number of hydrogen-bond acceptors (Lipinski definition) is 7. The Morgan fingerprint density at radius 3 is 2.52 bits per heavy atom. The van der Waals surface area contributed by atoms with Gasteiger partial charge in [-0.15, -0.1) is 11.3 Å². The number of allylic oxidation sites excluding steroid dienone is 2. The Bertz CT molecular complexity index is 2120. The van der Waals surface area contributed by atoms with Gasteiger partial charge in [-0.1, -0.05) is 47.2 Å². The molecule has 0 amide bonds. The lowest BCUT2D eigenvalue weighted by molar-refractivity contribution is -0.665. The summed E-state index contributed by atoms with van der Waals surface area (Å²) in [5, 5.41) is 3.88. The van der Waals surface area contributed by atoms with Gasteiger partial charge in [-0.3, -0.25) is 0 Å². The summed E-state index contributed by atoms with van der Waals surface area (Å²) >= 11 is 9.43. The molecule has 0 atom stereocenters. The summed E-state index contributed by atoms with van der Waals surface area (Å²) < 4.78 is 79.9. The van der Waals surface area contributed by atoms with Crippen molar-refractivity contribution in [3.63, 3.8) is 0 Å². The number of benzene rings is 3. The second-order valence-electron chi connectivity index (χ2n) is 10.7. The maximum Gasteiger partial charge on any atom is 0.417 e. The number of aryl methyl sites for hydroxylation is 1. The van der Waals surface area contributed by atoms with Gasteiger partial charge in [-0.2, -0.15) is 17.7 Å². The van der Waals surface area contributed by atoms with Crippen molar-refractivity contribution in [1.29, 1.82) is 0 Å². The van der Waals surface area contributed by atoms with E-state index in [1.807, 2.05) is 24.0 Å². The van der Waals surface area contributed by atoms with Crippen molar-refractivity contribution in [2.75, 3.05) is 28.6 Å². The lowest BCUT2D eigenvalue weighted by Gasteiger charge is -2.24. The molecule has 6 rings (SSSR count). The van der Waals surface area contributed by atoms with E-state index in [1.54, 1.807) is 33.6 Å². The molecule has 6 nitrogen and oxygen atoms in total. The molecule has 0 N–H and O–H groups in total. The van der Waals surface area contributed by atoms with Gasteiger partial charge in [-0.05, 0) is 73.2 Å². The molecule has 0 saturated heterocycles. The second-order valence-corrected chi connectivity index (χ2v) is 14.7. The van der Waals surface area contributed by atoms with Crippen LogP contribution < -0.4 is 14.4 Å². The van der Waals surface area contributed by atoms with Gasteiger partial charge in [0.2, 0.25) is 5.52 Å². The first-order valence-electron chi connectivity index (χ1n) is 14.6. The summed E-state index contributed by atoms with van der Waals surface area (Å²) in [6.07, 6.45) is 0.874. The van der Waals surface area contributed by atoms with Crippen LogP contribution in [-0.4, -0.2) is 31.8 Å². The third-order valence-electron chi connectivity index (χ3n) is 7.93. The fraction of sp³-hybridized carbons (Fsp3) is 0.242. The number of halogens is 4. The predicted molar refractivity (Wildman–Crippen MR) is 182 cm³/mol. The Labute approximate surface area is 278 Å². The molecule has 2 aromatic heterocycles. The van der Waals surface area contributed by atoms with E-state index >= 15 is 0 Å². The molecule has 5 aromatic rings. The second kappa shape index (κ2) is 12.6. The van der Waals surface area contributed by atoms with Gasteiger partial charge in [0, 0.05) is 41.1 Å². The number of thiazole rings is 1. The lowest BCUT2D eigenvalue weighted by Crippen LogP contribution is -2.33. The van der Waals surface area contributed by atoms with E-state index in [2.05, 4.69) is 59.3 Å². The molecular formula is C33H29ClF3N3O3S3. The van der Waals surface area contributed by atoms with Gasteiger partial charge in [0.05, 0.1) is 32.1 Å². The van der Waals surface area contributed by atoms with E-state index < -0.39 is 32.6 Å². The molecule has 3 aromatic carbocycles. The van der Waals surface area contributed by atoms with E-state index in [-0.39, 0.29) is 18.7 Å². The number of rotatable bonds is 9. The summed E-state index contributed by atoms with van der Waals surface area (Å²) in [5.41, 5.74) is 3.15. The average Bonchev–Trinajstić information content (AvgIpc) is 3.69. The molecule has 0 radical (unpaired) electrons. The molecule has 0 unspecified atom stereocenters. The van der Waals surface area contributed by atoms with Crippen LogP contribution in [0, 0.1) is 0 Å². The Morgan fingerprint density at radius 1 is 1.02 bits per heavy atom. The van der Waals surface area contributed by atoms with Gasteiger partial charge >= 0.3 is 6.18 Å². The summed E-state index contributed by atoms with van der Waals surface area (Å²) in [4.78, 5) is 3.45. The minimum atomic E-state index is -4.68. The largest absolute Gasteiger partial charge is 0.748 e. The molecule has 13 heteroatoms. The minimum Gasteiger partial charge on any atom is -0.748 e. The predicted octanol–water partition coefficient (Wildman–Crippen LogP) is 8.90. The lowest BCUT2D eigenvalue weighted by atomic mass is 10.0. The Kier molecular flexibility index (Phi) is 8.94. The van der Waals surface area contributed by atoms with E-state index in [0.717, 1.165) is 33.4 Å².